The maximum atomic E-state index is 13.8. The number of carboxylic acid groups (broad SMARTS) is 1. The zero-order valence-electron chi connectivity index (χ0n) is 22.0. The Morgan fingerprint density at radius 3 is 1.22 bits per heavy atom. The topological polar surface area (TPSA) is 91.3 Å². The van der Waals surface area contributed by atoms with Gasteiger partial charge in [-0.05, 0) is 84.4 Å². The third-order valence-corrected chi connectivity index (χ3v) is 5.87. The second kappa shape index (κ2) is 14.7. The molecule has 0 radical (unpaired) electrons. The van der Waals surface area contributed by atoms with E-state index in [1.807, 2.05) is 0 Å². The second-order valence-corrected chi connectivity index (χ2v) is 9.45. The van der Waals surface area contributed by atoms with Gasteiger partial charge in [0.1, 0.15) is 45.6 Å². The molecule has 0 atom stereocenters. The minimum absolute atomic E-state index is 0.0104. The summed E-state index contributed by atoms with van der Waals surface area (Å²) in [5.74, 6) is -5.30. The molecule has 0 saturated heterocycles. The molecule has 46 heavy (non-hydrogen) atoms. The van der Waals surface area contributed by atoms with Gasteiger partial charge in [0.25, 0.3) is 5.24 Å². The lowest BCUT2D eigenvalue weighted by molar-refractivity contribution is -0.275. The quantitative estimate of drug-likeness (QED) is 0.143. The maximum Gasteiger partial charge on any atom is 0.573 e. The third-order valence-electron chi connectivity index (χ3n) is 5.09. The number of carboxylic acids is 1. The fourth-order valence-corrected chi connectivity index (χ4v) is 3.78. The zero-order chi connectivity index (χ0) is 34.4. The van der Waals surface area contributed by atoms with Gasteiger partial charge < -0.3 is 24.1 Å². The first-order valence-electron chi connectivity index (χ1n) is 11.8. The summed E-state index contributed by atoms with van der Waals surface area (Å²) in [6.07, 6.45) is -9.65. The van der Waals surface area contributed by atoms with E-state index in [1.54, 1.807) is 0 Å². The Morgan fingerprint density at radius 2 is 0.891 bits per heavy atom. The van der Waals surface area contributed by atoms with Gasteiger partial charge in [0.2, 0.25) is 0 Å². The fourth-order valence-electron chi connectivity index (χ4n) is 3.29. The van der Waals surface area contributed by atoms with Crippen molar-refractivity contribution in [1.82, 2.24) is 0 Å². The third kappa shape index (κ3) is 10.3. The Balaban J connectivity index is 0.000000250. The van der Waals surface area contributed by atoms with Crippen LogP contribution in [0.1, 0.15) is 20.7 Å². The molecule has 0 aromatic heterocycles. The molecule has 0 unspecified atom stereocenters. The molecule has 0 bridgehead atoms. The van der Waals surface area contributed by atoms with Crippen molar-refractivity contribution in [2.24, 2.45) is 0 Å². The zero-order valence-corrected chi connectivity index (χ0v) is 24.3. The number of carbonyl (C=O) groups excluding carboxylic acids is 1. The Labute approximate surface area is 267 Å². The molecule has 7 nitrogen and oxygen atoms in total. The van der Waals surface area contributed by atoms with Crippen LogP contribution in [0.3, 0.4) is 0 Å². The number of rotatable bonds is 8. The van der Waals surface area contributed by atoms with E-state index >= 15 is 0 Å². The first-order chi connectivity index (χ1) is 21.3. The predicted octanol–water partition coefficient (Wildman–Crippen LogP) is 10.4. The van der Waals surface area contributed by atoms with Crippen LogP contribution in [0.15, 0.2) is 72.8 Å². The standard InChI is InChI=1S/C14H6Cl2F4O3.C14H7ClF4O4/c15-9-5-6-10(11(12(9)17)13(16)21)22-7-1-3-8(4-2-7)23-14(18,19)20;15-9-5-6-10(11(12(9)16)13(20)21)22-7-1-3-8(4-2-7)23-14(17,18)19/h1-6H;1-6H,(H,20,21). The summed E-state index contributed by atoms with van der Waals surface area (Å²) in [5, 5.41) is 7.15. The Bertz CT molecular complexity index is 1590. The van der Waals surface area contributed by atoms with Gasteiger partial charge in [0.05, 0.1) is 10.0 Å². The largest absolute Gasteiger partial charge is 0.573 e. The van der Waals surface area contributed by atoms with E-state index in [4.69, 9.17) is 49.4 Å². The molecule has 0 aliphatic heterocycles. The molecular weight excluding hydrogens is 707 g/mol. The number of halogens is 11. The molecule has 0 aliphatic rings. The molecule has 0 fully saturated rings. The van der Waals surface area contributed by atoms with Gasteiger partial charge in [-0.25, -0.2) is 13.6 Å². The Kier molecular flexibility index (Phi) is 11.5. The van der Waals surface area contributed by atoms with E-state index in [0.29, 0.717) is 0 Å². The summed E-state index contributed by atoms with van der Waals surface area (Å²) in [7, 11) is 0. The van der Waals surface area contributed by atoms with Crippen LogP contribution < -0.4 is 18.9 Å². The van der Waals surface area contributed by atoms with Crippen LogP contribution in [0, 0.1) is 11.6 Å². The molecular formula is C28H13Cl3F8O7. The summed E-state index contributed by atoms with van der Waals surface area (Å²) in [4.78, 5) is 22.4. The van der Waals surface area contributed by atoms with Crippen LogP contribution in [-0.4, -0.2) is 29.0 Å². The molecule has 0 aliphatic carbocycles. The number of ether oxygens (including phenoxy) is 4. The van der Waals surface area contributed by atoms with Crippen LogP contribution in [0.4, 0.5) is 35.1 Å². The van der Waals surface area contributed by atoms with Crippen LogP contribution in [-0.2, 0) is 0 Å². The average Bonchev–Trinajstić information content (AvgIpc) is 2.93. The molecule has 0 heterocycles. The summed E-state index contributed by atoms with van der Waals surface area (Å²) in [6.45, 7) is 0. The van der Waals surface area contributed by atoms with Crippen molar-refractivity contribution in [3.8, 4) is 34.5 Å². The van der Waals surface area contributed by atoms with E-state index in [0.717, 1.165) is 66.7 Å². The van der Waals surface area contributed by atoms with Gasteiger partial charge in [0, 0.05) is 0 Å². The molecule has 244 valence electrons. The molecule has 4 aromatic rings. The maximum absolute atomic E-state index is 13.8. The predicted molar refractivity (Wildman–Crippen MR) is 146 cm³/mol. The van der Waals surface area contributed by atoms with E-state index in [9.17, 15) is 44.7 Å². The summed E-state index contributed by atoms with van der Waals surface area (Å²) >= 11 is 16.3. The van der Waals surface area contributed by atoms with E-state index < -0.39 is 63.2 Å². The monoisotopic (exact) mass is 718 g/mol. The smallest absolute Gasteiger partial charge is 0.477 e. The van der Waals surface area contributed by atoms with Crippen molar-refractivity contribution >= 4 is 46.0 Å². The van der Waals surface area contributed by atoms with Crippen molar-refractivity contribution in [3.05, 3.63) is 106 Å². The highest BCUT2D eigenvalue weighted by atomic mass is 35.5. The van der Waals surface area contributed by atoms with Gasteiger partial charge in [-0.1, -0.05) is 23.2 Å². The highest BCUT2D eigenvalue weighted by Crippen LogP contribution is 2.34. The van der Waals surface area contributed by atoms with Gasteiger partial charge >= 0.3 is 18.7 Å². The van der Waals surface area contributed by atoms with Crippen LogP contribution in [0.5, 0.6) is 34.5 Å². The van der Waals surface area contributed by atoms with Crippen molar-refractivity contribution in [2.45, 2.75) is 12.7 Å². The lowest BCUT2D eigenvalue weighted by Gasteiger charge is -2.12. The minimum atomic E-state index is -4.84. The lowest BCUT2D eigenvalue weighted by Crippen LogP contribution is -2.16. The number of carbonyl (C=O) groups is 2. The molecule has 0 amide bonds. The molecule has 1 N–H and O–H groups in total. The first kappa shape index (κ1) is 36.0. The van der Waals surface area contributed by atoms with E-state index in [-0.39, 0.29) is 28.0 Å². The van der Waals surface area contributed by atoms with Gasteiger partial charge in [-0.3, -0.25) is 4.79 Å². The van der Waals surface area contributed by atoms with Crippen LogP contribution >= 0.6 is 34.8 Å². The SMILES string of the molecule is O=C(Cl)c1c(Oc2ccc(OC(F)(F)F)cc2)ccc(Cl)c1F.O=C(O)c1c(Oc2ccc(OC(F)(F)F)cc2)ccc(Cl)c1F. The Morgan fingerprint density at radius 1 is 0.565 bits per heavy atom. The lowest BCUT2D eigenvalue weighted by atomic mass is 10.2. The summed E-state index contributed by atoms with van der Waals surface area (Å²) < 4.78 is 118. The number of benzene rings is 4. The number of aromatic carboxylic acids is 1. The van der Waals surface area contributed by atoms with Crippen molar-refractivity contribution in [1.29, 1.82) is 0 Å². The minimum Gasteiger partial charge on any atom is -0.477 e. The molecule has 4 aromatic carbocycles. The van der Waals surface area contributed by atoms with E-state index in [1.165, 1.54) is 6.07 Å². The fraction of sp³-hybridized carbons (Fsp3) is 0.0714. The normalized spacial score (nSPS) is 11.2. The second-order valence-electron chi connectivity index (χ2n) is 8.29. The van der Waals surface area contributed by atoms with Crippen LogP contribution in [0.2, 0.25) is 10.0 Å². The molecule has 0 saturated carbocycles. The summed E-state index contributed by atoms with van der Waals surface area (Å²) in [6, 6.07) is 13.0. The first-order valence-corrected chi connectivity index (χ1v) is 12.9. The van der Waals surface area contributed by atoms with Crippen molar-refractivity contribution in [3.63, 3.8) is 0 Å². The molecule has 0 spiro atoms. The number of alkyl halides is 6. The highest BCUT2D eigenvalue weighted by Gasteiger charge is 2.32. The molecule has 18 heteroatoms. The summed E-state index contributed by atoms with van der Waals surface area (Å²) in [5.41, 5.74) is -1.36. The number of hydrogen-bond acceptors (Lipinski definition) is 6. The number of hydrogen-bond donors (Lipinski definition) is 1. The van der Waals surface area contributed by atoms with Crippen LogP contribution in [0.25, 0.3) is 0 Å². The van der Waals surface area contributed by atoms with Crippen molar-refractivity contribution in [2.75, 3.05) is 0 Å². The molecule has 4 rings (SSSR count). The Hall–Kier alpha value is -4.47. The highest BCUT2D eigenvalue weighted by molar-refractivity contribution is 6.68. The van der Waals surface area contributed by atoms with Gasteiger partial charge in [-0.2, -0.15) is 0 Å². The van der Waals surface area contributed by atoms with Crippen molar-refractivity contribution < 1.29 is 68.8 Å². The van der Waals surface area contributed by atoms with E-state index in [2.05, 4.69) is 9.47 Å². The van der Waals surface area contributed by atoms with Gasteiger partial charge in [0.15, 0.2) is 11.6 Å². The average molecular weight is 720 g/mol. The van der Waals surface area contributed by atoms with Gasteiger partial charge in [-0.15, -0.1) is 26.3 Å².